The van der Waals surface area contributed by atoms with Crippen molar-refractivity contribution in [2.45, 2.75) is 25.4 Å². The quantitative estimate of drug-likeness (QED) is 0.786. The molecule has 1 aromatic rings. The summed E-state index contributed by atoms with van der Waals surface area (Å²) in [7, 11) is 0. The zero-order valence-electron chi connectivity index (χ0n) is 9.23. The number of nitrogens with zero attached hydrogens (tertiary/aromatic N) is 1. The number of hydrogen-bond donors (Lipinski definition) is 0. The Bertz CT molecular complexity index is 449. The Labute approximate surface area is 109 Å². The largest absolute Gasteiger partial charge is 0.459 e. The third-order valence-corrected chi connectivity index (χ3v) is 3.45. The van der Waals surface area contributed by atoms with E-state index >= 15 is 0 Å². The van der Waals surface area contributed by atoms with Crippen molar-refractivity contribution in [3.05, 3.63) is 34.3 Å². The van der Waals surface area contributed by atoms with Crippen LogP contribution in [0.2, 0.25) is 0 Å². The third kappa shape index (κ3) is 3.07. The van der Waals surface area contributed by atoms with E-state index in [0.717, 1.165) is 17.3 Å². The van der Waals surface area contributed by atoms with Crippen molar-refractivity contribution in [2.24, 2.45) is 5.92 Å². The first kappa shape index (κ1) is 12.1. The van der Waals surface area contributed by atoms with Gasteiger partial charge in [-0.25, -0.2) is 4.79 Å². The van der Waals surface area contributed by atoms with Crippen LogP contribution < -0.4 is 0 Å². The summed E-state index contributed by atoms with van der Waals surface area (Å²) < 4.78 is 6.29. The maximum absolute atomic E-state index is 11.8. The second-order valence-electron chi connectivity index (χ2n) is 4.17. The second-order valence-corrected chi connectivity index (χ2v) is 5.09. The lowest BCUT2D eigenvalue weighted by Gasteiger charge is -2.11. The molecule has 3 nitrogen and oxygen atoms in total. The normalized spacial score (nSPS) is 23.1. The molecule has 0 N–H and O–H groups in total. The molecule has 1 fully saturated rings. The fourth-order valence-electron chi connectivity index (χ4n) is 1.97. The first-order valence-corrected chi connectivity index (χ1v) is 6.34. The number of carbonyl (C=O) groups is 1. The molecule has 1 saturated carbocycles. The van der Waals surface area contributed by atoms with Crippen LogP contribution in [0.1, 0.15) is 29.6 Å². The first-order chi connectivity index (χ1) is 8.19. The molecule has 0 radical (unpaired) electrons. The Morgan fingerprint density at radius 2 is 2.06 bits per heavy atom. The van der Waals surface area contributed by atoms with Crippen LogP contribution >= 0.6 is 15.9 Å². The molecule has 1 aliphatic carbocycles. The van der Waals surface area contributed by atoms with Gasteiger partial charge in [0, 0.05) is 16.8 Å². The predicted octanol–water partition coefficient (Wildman–Crippen LogP) is 3.30. The van der Waals surface area contributed by atoms with Crippen LogP contribution in [0.5, 0.6) is 0 Å². The molecule has 0 bridgehead atoms. The number of hydrogen-bond acceptors (Lipinski definition) is 3. The number of halogens is 1. The van der Waals surface area contributed by atoms with Crippen molar-refractivity contribution < 1.29 is 9.53 Å². The van der Waals surface area contributed by atoms with Gasteiger partial charge < -0.3 is 4.74 Å². The van der Waals surface area contributed by atoms with Gasteiger partial charge >= 0.3 is 5.97 Å². The monoisotopic (exact) mass is 293 g/mol. The van der Waals surface area contributed by atoms with E-state index in [9.17, 15) is 4.79 Å². The molecule has 2 rings (SSSR count). The molecule has 2 atom stereocenters. The lowest BCUT2D eigenvalue weighted by Crippen LogP contribution is -2.15. The number of ether oxygens (including phenoxy) is 1. The minimum atomic E-state index is -0.305. The van der Waals surface area contributed by atoms with E-state index in [2.05, 4.69) is 22.0 Å². The average molecular weight is 294 g/mol. The van der Waals surface area contributed by atoms with Crippen molar-refractivity contribution >= 4 is 21.9 Å². The van der Waals surface area contributed by atoms with Gasteiger partial charge in [-0.2, -0.15) is 5.26 Å². The third-order valence-electron chi connectivity index (χ3n) is 2.92. The van der Waals surface area contributed by atoms with E-state index in [0.29, 0.717) is 12.0 Å². The van der Waals surface area contributed by atoms with Crippen LogP contribution in [0.3, 0.4) is 0 Å². The number of esters is 1. The fraction of sp³-hybridized carbons (Fsp3) is 0.385. The second kappa shape index (κ2) is 5.33. The molecule has 1 aliphatic rings. The van der Waals surface area contributed by atoms with E-state index in [1.165, 1.54) is 0 Å². The number of carbonyl (C=O) groups excluding carboxylic acids is 1. The zero-order valence-corrected chi connectivity index (χ0v) is 10.8. The minimum Gasteiger partial charge on any atom is -0.459 e. The molecule has 1 aromatic carbocycles. The molecular weight excluding hydrogens is 282 g/mol. The molecule has 0 aliphatic heterocycles. The number of benzene rings is 1. The Balaban J connectivity index is 1.94. The fourth-order valence-corrected chi connectivity index (χ4v) is 2.23. The number of rotatable bonds is 2. The van der Waals surface area contributed by atoms with Crippen molar-refractivity contribution in [3.63, 3.8) is 0 Å². The molecular formula is C13H12BrNO2. The van der Waals surface area contributed by atoms with E-state index < -0.39 is 0 Å². The molecule has 0 unspecified atom stereocenters. The van der Waals surface area contributed by atoms with E-state index in [1.807, 2.05) is 12.1 Å². The standard InChI is InChI=1S/C13H12BrNO2/c14-11-4-2-10(3-5-11)13(16)17-12-6-1-9(7-12)8-15/h2-5,9,12H,1,6-7H2/t9-,12-/m0/s1. The zero-order chi connectivity index (χ0) is 12.3. The molecule has 4 heteroatoms. The summed E-state index contributed by atoms with van der Waals surface area (Å²) in [6.45, 7) is 0. The molecule has 0 spiro atoms. The van der Waals surface area contributed by atoms with Gasteiger partial charge in [-0.15, -0.1) is 0 Å². The highest BCUT2D eigenvalue weighted by Crippen LogP contribution is 2.27. The van der Waals surface area contributed by atoms with Crippen molar-refractivity contribution in [3.8, 4) is 6.07 Å². The molecule has 0 saturated heterocycles. The van der Waals surface area contributed by atoms with Gasteiger partial charge in [-0.1, -0.05) is 15.9 Å². The van der Waals surface area contributed by atoms with Crippen molar-refractivity contribution in [2.75, 3.05) is 0 Å². The van der Waals surface area contributed by atoms with Crippen LogP contribution in [-0.4, -0.2) is 12.1 Å². The van der Waals surface area contributed by atoms with Crippen LogP contribution in [0.4, 0.5) is 0 Å². The predicted molar refractivity (Wildman–Crippen MR) is 66.3 cm³/mol. The Kier molecular flexibility index (Phi) is 3.80. The molecule has 0 aromatic heterocycles. The van der Waals surface area contributed by atoms with Crippen LogP contribution in [0, 0.1) is 17.2 Å². The Hall–Kier alpha value is -1.34. The molecule has 0 amide bonds. The van der Waals surface area contributed by atoms with Crippen LogP contribution in [0.25, 0.3) is 0 Å². The highest BCUT2D eigenvalue weighted by Gasteiger charge is 2.27. The first-order valence-electron chi connectivity index (χ1n) is 5.55. The highest BCUT2D eigenvalue weighted by molar-refractivity contribution is 9.10. The SMILES string of the molecule is N#C[C@H]1CC[C@H](OC(=O)c2ccc(Br)cc2)C1. The van der Waals surface area contributed by atoms with Gasteiger partial charge in [0.15, 0.2) is 0 Å². The smallest absolute Gasteiger partial charge is 0.338 e. The van der Waals surface area contributed by atoms with Gasteiger partial charge in [0.1, 0.15) is 6.10 Å². The van der Waals surface area contributed by atoms with Crippen molar-refractivity contribution in [1.82, 2.24) is 0 Å². The topological polar surface area (TPSA) is 50.1 Å². The summed E-state index contributed by atoms with van der Waals surface area (Å²) in [6.07, 6.45) is 2.18. The minimum absolute atomic E-state index is 0.0396. The van der Waals surface area contributed by atoms with Gasteiger partial charge in [0.05, 0.1) is 11.6 Å². The van der Waals surface area contributed by atoms with Gasteiger partial charge in [-0.3, -0.25) is 0 Å². The van der Waals surface area contributed by atoms with Crippen LogP contribution in [0.15, 0.2) is 28.7 Å². The lowest BCUT2D eigenvalue weighted by molar-refractivity contribution is 0.0313. The average Bonchev–Trinajstić information content (AvgIpc) is 2.77. The lowest BCUT2D eigenvalue weighted by atomic mass is 10.1. The Morgan fingerprint density at radius 3 is 2.65 bits per heavy atom. The number of nitriles is 1. The van der Waals surface area contributed by atoms with E-state index in [4.69, 9.17) is 10.00 Å². The molecule has 0 heterocycles. The summed E-state index contributed by atoms with van der Waals surface area (Å²) in [6, 6.07) is 9.29. The summed E-state index contributed by atoms with van der Waals surface area (Å²) in [5, 5.41) is 8.77. The van der Waals surface area contributed by atoms with E-state index in [1.54, 1.807) is 12.1 Å². The van der Waals surface area contributed by atoms with Gasteiger partial charge in [-0.05, 0) is 37.1 Å². The molecule has 17 heavy (non-hydrogen) atoms. The summed E-state index contributed by atoms with van der Waals surface area (Å²) in [5.74, 6) is -0.265. The summed E-state index contributed by atoms with van der Waals surface area (Å²) >= 11 is 3.31. The maximum atomic E-state index is 11.8. The highest BCUT2D eigenvalue weighted by atomic mass is 79.9. The van der Waals surface area contributed by atoms with Crippen molar-refractivity contribution in [1.29, 1.82) is 5.26 Å². The molecule has 88 valence electrons. The van der Waals surface area contributed by atoms with E-state index in [-0.39, 0.29) is 18.0 Å². The van der Waals surface area contributed by atoms with Crippen LogP contribution in [-0.2, 0) is 4.74 Å². The van der Waals surface area contributed by atoms with Gasteiger partial charge in [0.25, 0.3) is 0 Å². The summed E-state index contributed by atoms with van der Waals surface area (Å²) in [5.41, 5.74) is 0.550. The van der Waals surface area contributed by atoms with Gasteiger partial charge in [0.2, 0.25) is 0 Å². The maximum Gasteiger partial charge on any atom is 0.338 e. The Morgan fingerprint density at radius 1 is 1.35 bits per heavy atom. The summed E-state index contributed by atoms with van der Waals surface area (Å²) in [4.78, 5) is 11.8.